The predicted octanol–water partition coefficient (Wildman–Crippen LogP) is 4.30. The highest BCUT2D eigenvalue weighted by Crippen LogP contribution is 2.30. The molecule has 0 saturated carbocycles. The van der Waals surface area contributed by atoms with E-state index in [4.69, 9.17) is 11.6 Å². The van der Waals surface area contributed by atoms with Crippen molar-refractivity contribution in [2.24, 2.45) is 0 Å². The lowest BCUT2D eigenvalue weighted by Gasteiger charge is -2.19. The Morgan fingerprint density at radius 1 is 1.14 bits per heavy atom. The largest absolute Gasteiger partial charge is 0.416 e. The Morgan fingerprint density at radius 3 is 2.38 bits per heavy atom. The van der Waals surface area contributed by atoms with E-state index in [2.05, 4.69) is 10.2 Å². The standard InChI is InChI=1S/C14H15ClF3N3/c1-13(2,3)11-19-20-12(15)21(11)8-9-5-4-6-10(7-9)14(16,17)18/h4-7H,8H2,1-3H3. The molecule has 0 amide bonds. The Morgan fingerprint density at radius 2 is 1.81 bits per heavy atom. The molecule has 0 saturated heterocycles. The van der Waals surface area contributed by atoms with Crippen molar-refractivity contribution in [3.05, 3.63) is 46.5 Å². The highest BCUT2D eigenvalue weighted by molar-refractivity contribution is 6.28. The molecule has 2 rings (SSSR count). The van der Waals surface area contributed by atoms with Crippen LogP contribution in [0.15, 0.2) is 24.3 Å². The fourth-order valence-electron chi connectivity index (χ4n) is 2.01. The molecule has 0 atom stereocenters. The maximum absolute atomic E-state index is 12.7. The first-order chi connectivity index (χ1) is 9.59. The van der Waals surface area contributed by atoms with Crippen LogP contribution in [-0.4, -0.2) is 14.8 Å². The van der Waals surface area contributed by atoms with Gasteiger partial charge in [-0.25, -0.2) is 0 Å². The molecule has 21 heavy (non-hydrogen) atoms. The molecule has 1 aromatic carbocycles. The molecule has 7 heteroatoms. The molecule has 0 N–H and O–H groups in total. The van der Waals surface area contributed by atoms with E-state index in [1.807, 2.05) is 20.8 Å². The third-order valence-electron chi connectivity index (χ3n) is 2.97. The van der Waals surface area contributed by atoms with Gasteiger partial charge in [-0.15, -0.1) is 10.2 Å². The first kappa shape index (κ1) is 15.8. The number of alkyl halides is 3. The summed E-state index contributed by atoms with van der Waals surface area (Å²) < 4.78 is 39.8. The summed E-state index contributed by atoms with van der Waals surface area (Å²) in [4.78, 5) is 0. The summed E-state index contributed by atoms with van der Waals surface area (Å²) >= 11 is 6.00. The molecule has 1 aromatic heterocycles. The first-order valence-electron chi connectivity index (χ1n) is 6.34. The Bertz CT molecular complexity index is 642. The van der Waals surface area contributed by atoms with Crippen molar-refractivity contribution >= 4 is 11.6 Å². The van der Waals surface area contributed by atoms with Crippen molar-refractivity contribution in [3.63, 3.8) is 0 Å². The second-order valence-corrected chi connectivity index (χ2v) is 6.16. The van der Waals surface area contributed by atoms with Gasteiger partial charge in [-0.3, -0.25) is 4.57 Å². The van der Waals surface area contributed by atoms with Crippen LogP contribution < -0.4 is 0 Å². The molecule has 3 nitrogen and oxygen atoms in total. The molecule has 0 aliphatic rings. The van der Waals surface area contributed by atoms with Crippen molar-refractivity contribution in [2.75, 3.05) is 0 Å². The van der Waals surface area contributed by atoms with Crippen molar-refractivity contribution in [1.29, 1.82) is 0 Å². The van der Waals surface area contributed by atoms with Crippen LogP contribution in [0.25, 0.3) is 0 Å². The molecule has 0 aliphatic carbocycles. The molecule has 0 fully saturated rings. The number of benzene rings is 1. The van der Waals surface area contributed by atoms with Gasteiger partial charge >= 0.3 is 6.18 Å². The number of halogens is 4. The Labute approximate surface area is 125 Å². The zero-order valence-electron chi connectivity index (χ0n) is 11.9. The van der Waals surface area contributed by atoms with Gasteiger partial charge in [0.25, 0.3) is 0 Å². The summed E-state index contributed by atoms with van der Waals surface area (Å²) in [6, 6.07) is 5.16. The normalized spacial score (nSPS) is 12.7. The zero-order valence-corrected chi connectivity index (χ0v) is 12.6. The van der Waals surface area contributed by atoms with Gasteiger partial charge < -0.3 is 0 Å². The van der Waals surface area contributed by atoms with Gasteiger partial charge in [0, 0.05) is 5.41 Å². The fraction of sp³-hybridized carbons (Fsp3) is 0.429. The van der Waals surface area contributed by atoms with Gasteiger partial charge in [-0.1, -0.05) is 32.9 Å². The summed E-state index contributed by atoms with van der Waals surface area (Å²) in [5, 5.41) is 7.98. The average molecular weight is 318 g/mol. The lowest BCUT2D eigenvalue weighted by atomic mass is 9.95. The van der Waals surface area contributed by atoms with Crippen LogP contribution in [0, 0.1) is 0 Å². The van der Waals surface area contributed by atoms with Crippen molar-refractivity contribution < 1.29 is 13.2 Å². The Kier molecular flexibility index (Phi) is 4.02. The van der Waals surface area contributed by atoms with Crippen LogP contribution in [0.2, 0.25) is 5.28 Å². The van der Waals surface area contributed by atoms with Crippen molar-refractivity contribution in [1.82, 2.24) is 14.8 Å². The van der Waals surface area contributed by atoms with E-state index in [0.717, 1.165) is 12.1 Å². The second kappa shape index (κ2) is 5.33. The molecule has 0 aliphatic heterocycles. The number of hydrogen-bond acceptors (Lipinski definition) is 2. The topological polar surface area (TPSA) is 30.7 Å². The SMILES string of the molecule is CC(C)(C)c1nnc(Cl)n1Cc1cccc(C(F)(F)F)c1. The van der Waals surface area contributed by atoms with Gasteiger partial charge in [0.2, 0.25) is 5.28 Å². The smallest absolute Gasteiger partial charge is 0.297 e. The third kappa shape index (κ3) is 3.56. The summed E-state index contributed by atoms with van der Waals surface area (Å²) in [5.41, 5.74) is -0.486. The molecule has 114 valence electrons. The van der Waals surface area contributed by atoms with Gasteiger partial charge in [0.05, 0.1) is 12.1 Å². The van der Waals surface area contributed by atoms with Crippen LogP contribution in [0.3, 0.4) is 0 Å². The van der Waals surface area contributed by atoms with Crippen LogP contribution >= 0.6 is 11.6 Å². The van der Waals surface area contributed by atoms with E-state index in [0.29, 0.717) is 11.4 Å². The minimum atomic E-state index is -4.36. The van der Waals surface area contributed by atoms with Crippen LogP contribution in [0.5, 0.6) is 0 Å². The average Bonchev–Trinajstić information content (AvgIpc) is 2.70. The molecular weight excluding hydrogens is 303 g/mol. The van der Waals surface area contributed by atoms with Crippen molar-refractivity contribution in [3.8, 4) is 0 Å². The quantitative estimate of drug-likeness (QED) is 0.827. The lowest BCUT2D eigenvalue weighted by molar-refractivity contribution is -0.137. The Hall–Kier alpha value is -1.56. The molecular formula is C14H15ClF3N3. The molecule has 0 unspecified atom stereocenters. The molecule has 2 aromatic rings. The molecule has 0 spiro atoms. The lowest BCUT2D eigenvalue weighted by Crippen LogP contribution is -2.19. The number of nitrogens with zero attached hydrogens (tertiary/aromatic N) is 3. The van der Waals surface area contributed by atoms with E-state index < -0.39 is 11.7 Å². The summed E-state index contributed by atoms with van der Waals surface area (Å²) in [5.74, 6) is 0.630. The summed E-state index contributed by atoms with van der Waals surface area (Å²) in [6.45, 7) is 6.02. The maximum Gasteiger partial charge on any atom is 0.416 e. The second-order valence-electron chi connectivity index (χ2n) is 5.83. The third-order valence-corrected chi connectivity index (χ3v) is 3.25. The minimum absolute atomic E-state index is 0.164. The van der Waals surface area contributed by atoms with Crippen molar-refractivity contribution in [2.45, 2.75) is 38.9 Å². The molecule has 1 heterocycles. The molecule has 0 radical (unpaired) electrons. The molecule has 0 bridgehead atoms. The van der Waals surface area contributed by atoms with E-state index in [9.17, 15) is 13.2 Å². The monoisotopic (exact) mass is 317 g/mol. The van der Waals surface area contributed by atoms with Gasteiger partial charge in [0.15, 0.2) is 0 Å². The number of hydrogen-bond donors (Lipinski definition) is 0. The highest BCUT2D eigenvalue weighted by atomic mass is 35.5. The Balaban J connectivity index is 2.38. The van der Waals surface area contributed by atoms with E-state index in [1.165, 1.54) is 6.07 Å². The maximum atomic E-state index is 12.7. The first-order valence-corrected chi connectivity index (χ1v) is 6.72. The number of aromatic nitrogens is 3. The van der Waals surface area contributed by atoms with Crippen LogP contribution in [-0.2, 0) is 18.1 Å². The predicted molar refractivity (Wildman–Crippen MR) is 74.3 cm³/mol. The highest BCUT2D eigenvalue weighted by Gasteiger charge is 2.30. The van der Waals surface area contributed by atoms with Gasteiger partial charge in [-0.05, 0) is 29.3 Å². The zero-order chi connectivity index (χ0) is 15.8. The van der Waals surface area contributed by atoms with E-state index in [1.54, 1.807) is 10.6 Å². The van der Waals surface area contributed by atoms with Crippen LogP contribution in [0.4, 0.5) is 13.2 Å². The van der Waals surface area contributed by atoms with Gasteiger partial charge in [-0.2, -0.15) is 13.2 Å². The minimum Gasteiger partial charge on any atom is -0.297 e. The fourth-order valence-corrected chi connectivity index (χ4v) is 2.19. The van der Waals surface area contributed by atoms with E-state index >= 15 is 0 Å². The summed E-state index contributed by atoms with van der Waals surface area (Å²) in [6.07, 6.45) is -4.36. The van der Waals surface area contributed by atoms with Crippen LogP contribution in [0.1, 0.15) is 37.7 Å². The number of rotatable bonds is 2. The van der Waals surface area contributed by atoms with E-state index in [-0.39, 0.29) is 17.2 Å². The summed E-state index contributed by atoms with van der Waals surface area (Å²) in [7, 11) is 0. The van der Waals surface area contributed by atoms with Gasteiger partial charge in [0.1, 0.15) is 5.82 Å².